The SMILES string of the molecule is CC(Cc1cc(F)ccc1N)[C@H](C)OCCO. The van der Waals surface area contributed by atoms with Crippen LogP contribution < -0.4 is 5.73 Å². The molecule has 17 heavy (non-hydrogen) atoms. The molecule has 0 saturated carbocycles. The quantitative estimate of drug-likeness (QED) is 0.749. The Labute approximate surface area is 101 Å². The number of anilines is 1. The summed E-state index contributed by atoms with van der Waals surface area (Å²) < 4.78 is 18.5. The molecule has 0 aliphatic rings. The molecule has 0 amide bonds. The average molecular weight is 241 g/mol. The van der Waals surface area contributed by atoms with Crippen LogP contribution in [-0.4, -0.2) is 24.4 Å². The summed E-state index contributed by atoms with van der Waals surface area (Å²) in [6, 6.07) is 4.40. The molecule has 0 fully saturated rings. The second kappa shape index (κ2) is 6.57. The number of hydrogen-bond acceptors (Lipinski definition) is 3. The third kappa shape index (κ3) is 4.32. The van der Waals surface area contributed by atoms with Crippen molar-refractivity contribution in [3.05, 3.63) is 29.6 Å². The second-order valence-electron chi connectivity index (χ2n) is 4.32. The van der Waals surface area contributed by atoms with Crippen LogP contribution >= 0.6 is 0 Å². The smallest absolute Gasteiger partial charge is 0.123 e. The van der Waals surface area contributed by atoms with Crippen molar-refractivity contribution in [2.75, 3.05) is 18.9 Å². The summed E-state index contributed by atoms with van der Waals surface area (Å²) in [7, 11) is 0. The van der Waals surface area contributed by atoms with Crippen molar-refractivity contribution in [1.29, 1.82) is 0 Å². The van der Waals surface area contributed by atoms with Crippen LogP contribution in [0.15, 0.2) is 18.2 Å². The lowest BCUT2D eigenvalue weighted by Gasteiger charge is -2.20. The minimum Gasteiger partial charge on any atom is -0.399 e. The molecule has 1 unspecified atom stereocenters. The summed E-state index contributed by atoms with van der Waals surface area (Å²) >= 11 is 0. The van der Waals surface area contributed by atoms with Crippen LogP contribution in [0.1, 0.15) is 19.4 Å². The van der Waals surface area contributed by atoms with Crippen molar-refractivity contribution < 1.29 is 14.2 Å². The van der Waals surface area contributed by atoms with Gasteiger partial charge in [0.05, 0.1) is 19.3 Å². The number of nitrogens with two attached hydrogens (primary N) is 1. The normalized spacial score (nSPS) is 14.6. The first kappa shape index (κ1) is 13.9. The largest absolute Gasteiger partial charge is 0.399 e. The molecule has 0 aromatic heterocycles. The maximum absolute atomic E-state index is 13.1. The molecular weight excluding hydrogens is 221 g/mol. The maximum atomic E-state index is 13.1. The standard InChI is InChI=1S/C13H20FNO2/c1-9(10(2)17-6-5-16)7-11-8-12(14)3-4-13(11)15/h3-4,8-10,16H,5-7,15H2,1-2H3/t9?,10-/m0/s1. The van der Waals surface area contributed by atoms with Crippen molar-refractivity contribution in [2.24, 2.45) is 5.92 Å². The minimum absolute atomic E-state index is 0.00446. The number of benzene rings is 1. The van der Waals surface area contributed by atoms with Crippen molar-refractivity contribution >= 4 is 5.69 Å². The van der Waals surface area contributed by atoms with E-state index in [2.05, 4.69) is 0 Å². The van der Waals surface area contributed by atoms with Gasteiger partial charge in [-0.1, -0.05) is 6.92 Å². The fourth-order valence-electron chi connectivity index (χ4n) is 1.67. The van der Waals surface area contributed by atoms with E-state index in [1.165, 1.54) is 12.1 Å². The zero-order valence-corrected chi connectivity index (χ0v) is 10.3. The van der Waals surface area contributed by atoms with Gasteiger partial charge < -0.3 is 15.6 Å². The van der Waals surface area contributed by atoms with E-state index in [4.69, 9.17) is 15.6 Å². The van der Waals surface area contributed by atoms with Crippen molar-refractivity contribution in [3.8, 4) is 0 Å². The highest BCUT2D eigenvalue weighted by Gasteiger charge is 2.14. The molecule has 1 aromatic rings. The Morgan fingerprint density at radius 1 is 1.41 bits per heavy atom. The monoisotopic (exact) mass is 241 g/mol. The van der Waals surface area contributed by atoms with Gasteiger partial charge in [0.15, 0.2) is 0 Å². The van der Waals surface area contributed by atoms with E-state index in [1.54, 1.807) is 6.07 Å². The Kier molecular flexibility index (Phi) is 5.38. The van der Waals surface area contributed by atoms with E-state index in [1.807, 2.05) is 13.8 Å². The molecule has 1 rings (SSSR count). The summed E-state index contributed by atoms with van der Waals surface area (Å²) in [5.41, 5.74) is 7.20. The highest BCUT2D eigenvalue weighted by atomic mass is 19.1. The molecule has 96 valence electrons. The molecule has 0 saturated heterocycles. The van der Waals surface area contributed by atoms with Gasteiger partial charge in [-0.2, -0.15) is 0 Å². The average Bonchev–Trinajstić information content (AvgIpc) is 2.30. The summed E-state index contributed by atoms with van der Waals surface area (Å²) in [5.74, 6) is -0.0593. The predicted octanol–water partition coefficient (Wildman–Crippen LogP) is 1.98. The summed E-state index contributed by atoms with van der Waals surface area (Å²) in [6.07, 6.45) is 0.667. The lowest BCUT2D eigenvalue weighted by atomic mass is 9.95. The first-order chi connectivity index (χ1) is 8.04. The van der Waals surface area contributed by atoms with Gasteiger partial charge in [0.25, 0.3) is 0 Å². The highest BCUT2D eigenvalue weighted by molar-refractivity contribution is 5.46. The molecule has 3 nitrogen and oxygen atoms in total. The summed E-state index contributed by atoms with van der Waals surface area (Å²) in [4.78, 5) is 0. The Morgan fingerprint density at radius 2 is 2.12 bits per heavy atom. The van der Waals surface area contributed by atoms with Gasteiger partial charge in [0.2, 0.25) is 0 Å². The molecule has 4 heteroatoms. The number of nitrogen functional groups attached to an aromatic ring is 1. The number of ether oxygens (including phenoxy) is 1. The minimum atomic E-state index is -0.273. The van der Waals surface area contributed by atoms with Gasteiger partial charge in [-0.3, -0.25) is 0 Å². The van der Waals surface area contributed by atoms with Crippen molar-refractivity contribution in [1.82, 2.24) is 0 Å². The van der Waals surface area contributed by atoms with Gasteiger partial charge in [0, 0.05) is 5.69 Å². The van der Waals surface area contributed by atoms with Crippen LogP contribution in [0.5, 0.6) is 0 Å². The highest BCUT2D eigenvalue weighted by Crippen LogP contribution is 2.20. The molecule has 0 heterocycles. The molecule has 2 atom stereocenters. The maximum Gasteiger partial charge on any atom is 0.123 e. The topological polar surface area (TPSA) is 55.5 Å². The van der Waals surface area contributed by atoms with Crippen LogP contribution in [0.2, 0.25) is 0 Å². The molecule has 3 N–H and O–H groups in total. The van der Waals surface area contributed by atoms with Gasteiger partial charge in [-0.25, -0.2) is 4.39 Å². The molecule has 0 aliphatic heterocycles. The molecule has 0 spiro atoms. The molecule has 0 bridgehead atoms. The van der Waals surface area contributed by atoms with Crippen LogP contribution in [0.25, 0.3) is 0 Å². The number of aliphatic hydroxyl groups is 1. The van der Waals surface area contributed by atoms with E-state index in [-0.39, 0.29) is 24.4 Å². The Balaban J connectivity index is 2.60. The van der Waals surface area contributed by atoms with E-state index >= 15 is 0 Å². The van der Waals surface area contributed by atoms with E-state index in [0.29, 0.717) is 18.7 Å². The Hall–Kier alpha value is -1.13. The summed E-state index contributed by atoms with van der Waals surface area (Å²) in [6.45, 7) is 4.30. The third-order valence-corrected chi connectivity index (χ3v) is 2.92. The number of rotatable bonds is 6. The molecule has 0 aliphatic carbocycles. The lowest BCUT2D eigenvalue weighted by molar-refractivity contribution is 0.0102. The van der Waals surface area contributed by atoms with Crippen LogP contribution in [0.3, 0.4) is 0 Å². The third-order valence-electron chi connectivity index (χ3n) is 2.92. The molecular formula is C13H20FNO2. The van der Waals surface area contributed by atoms with E-state index in [0.717, 1.165) is 5.56 Å². The van der Waals surface area contributed by atoms with Gasteiger partial charge in [-0.15, -0.1) is 0 Å². The van der Waals surface area contributed by atoms with E-state index < -0.39 is 0 Å². The van der Waals surface area contributed by atoms with Gasteiger partial charge >= 0.3 is 0 Å². The van der Waals surface area contributed by atoms with Crippen molar-refractivity contribution in [2.45, 2.75) is 26.4 Å². The molecule has 0 radical (unpaired) electrons. The van der Waals surface area contributed by atoms with Gasteiger partial charge in [-0.05, 0) is 43.0 Å². The van der Waals surface area contributed by atoms with E-state index in [9.17, 15) is 4.39 Å². The number of aliphatic hydroxyl groups excluding tert-OH is 1. The lowest BCUT2D eigenvalue weighted by Crippen LogP contribution is -2.22. The predicted molar refractivity (Wildman–Crippen MR) is 66.2 cm³/mol. The van der Waals surface area contributed by atoms with Crippen LogP contribution in [-0.2, 0) is 11.2 Å². The van der Waals surface area contributed by atoms with Gasteiger partial charge in [0.1, 0.15) is 5.82 Å². The van der Waals surface area contributed by atoms with Crippen LogP contribution in [0.4, 0.5) is 10.1 Å². The fourth-order valence-corrected chi connectivity index (χ4v) is 1.67. The zero-order valence-electron chi connectivity index (χ0n) is 10.3. The Bertz CT molecular complexity index is 357. The Morgan fingerprint density at radius 3 is 2.76 bits per heavy atom. The number of halogens is 1. The fraction of sp³-hybridized carbons (Fsp3) is 0.538. The molecule has 1 aromatic carbocycles. The first-order valence-electron chi connectivity index (χ1n) is 5.81. The first-order valence-corrected chi connectivity index (χ1v) is 5.81. The number of hydrogen-bond donors (Lipinski definition) is 2. The second-order valence-corrected chi connectivity index (χ2v) is 4.32. The van der Waals surface area contributed by atoms with Crippen LogP contribution in [0, 0.1) is 11.7 Å². The summed E-state index contributed by atoms with van der Waals surface area (Å²) in [5, 5.41) is 8.67. The zero-order chi connectivity index (χ0) is 12.8. The van der Waals surface area contributed by atoms with Crippen molar-refractivity contribution in [3.63, 3.8) is 0 Å².